The minimum Gasteiger partial charge on any atom is -0.481 e. The summed E-state index contributed by atoms with van der Waals surface area (Å²) < 4.78 is 5.36. The maximum Gasteiger partial charge on any atom is 0.306 e. The lowest BCUT2D eigenvalue weighted by atomic mass is 9.86. The largest absolute Gasteiger partial charge is 0.481 e. The van der Waals surface area contributed by atoms with Crippen molar-refractivity contribution in [1.82, 2.24) is 5.32 Å². The molecule has 4 nitrogen and oxygen atoms in total. The lowest BCUT2D eigenvalue weighted by Gasteiger charge is -2.26. The summed E-state index contributed by atoms with van der Waals surface area (Å²) in [5.41, 5.74) is 1.16. The maximum atomic E-state index is 10.8. The SMILES string of the molecule is Cc1ccoc1CNC1CCC(C(=O)O)CC1. The molecule has 0 bridgehead atoms. The third kappa shape index (κ3) is 3.09. The van der Waals surface area contributed by atoms with Crippen LogP contribution in [0.3, 0.4) is 0 Å². The Morgan fingerprint density at radius 3 is 2.71 bits per heavy atom. The second-order valence-electron chi connectivity index (χ2n) is 4.79. The number of carbonyl (C=O) groups is 1. The van der Waals surface area contributed by atoms with Crippen molar-refractivity contribution in [2.24, 2.45) is 5.92 Å². The molecule has 0 atom stereocenters. The fourth-order valence-electron chi connectivity index (χ4n) is 2.37. The molecule has 2 N–H and O–H groups in total. The van der Waals surface area contributed by atoms with E-state index in [4.69, 9.17) is 9.52 Å². The Morgan fingerprint density at radius 1 is 1.47 bits per heavy atom. The summed E-state index contributed by atoms with van der Waals surface area (Å²) in [4.78, 5) is 10.8. The Labute approximate surface area is 101 Å². The van der Waals surface area contributed by atoms with Gasteiger partial charge in [-0.25, -0.2) is 0 Å². The van der Waals surface area contributed by atoms with Gasteiger partial charge in [-0.2, -0.15) is 0 Å². The van der Waals surface area contributed by atoms with Crippen molar-refractivity contribution in [3.63, 3.8) is 0 Å². The summed E-state index contributed by atoms with van der Waals surface area (Å²) in [7, 11) is 0. The fraction of sp³-hybridized carbons (Fsp3) is 0.615. The van der Waals surface area contributed by atoms with Gasteiger partial charge < -0.3 is 14.8 Å². The highest BCUT2D eigenvalue weighted by molar-refractivity contribution is 5.70. The number of hydrogen-bond donors (Lipinski definition) is 2. The second-order valence-corrected chi connectivity index (χ2v) is 4.79. The first kappa shape index (κ1) is 12.2. The summed E-state index contributed by atoms with van der Waals surface area (Å²) in [5.74, 6) is 0.189. The van der Waals surface area contributed by atoms with Crippen molar-refractivity contribution in [2.45, 2.75) is 45.2 Å². The van der Waals surface area contributed by atoms with Crippen molar-refractivity contribution in [2.75, 3.05) is 0 Å². The smallest absolute Gasteiger partial charge is 0.306 e. The summed E-state index contributed by atoms with van der Waals surface area (Å²) in [6.07, 6.45) is 5.15. The first-order valence-corrected chi connectivity index (χ1v) is 6.16. The van der Waals surface area contributed by atoms with Crippen LogP contribution >= 0.6 is 0 Å². The number of aliphatic carboxylic acids is 1. The van der Waals surface area contributed by atoms with Crippen LogP contribution in [0, 0.1) is 12.8 Å². The molecule has 1 aliphatic rings. The highest BCUT2D eigenvalue weighted by Crippen LogP contribution is 2.24. The fourth-order valence-corrected chi connectivity index (χ4v) is 2.37. The lowest BCUT2D eigenvalue weighted by Crippen LogP contribution is -2.34. The molecule has 1 fully saturated rings. The quantitative estimate of drug-likeness (QED) is 0.843. The molecule has 17 heavy (non-hydrogen) atoms. The van der Waals surface area contributed by atoms with Crippen LogP contribution < -0.4 is 5.32 Å². The molecule has 1 saturated carbocycles. The van der Waals surface area contributed by atoms with Crippen LogP contribution in [0.2, 0.25) is 0 Å². The number of carboxylic acids is 1. The summed E-state index contributed by atoms with van der Waals surface area (Å²) in [6, 6.07) is 2.38. The molecule has 94 valence electrons. The van der Waals surface area contributed by atoms with E-state index in [9.17, 15) is 4.79 Å². The second kappa shape index (κ2) is 5.36. The van der Waals surface area contributed by atoms with E-state index < -0.39 is 5.97 Å². The zero-order valence-corrected chi connectivity index (χ0v) is 10.1. The average Bonchev–Trinajstić information content (AvgIpc) is 2.73. The number of rotatable bonds is 4. The van der Waals surface area contributed by atoms with Gasteiger partial charge in [0, 0.05) is 6.04 Å². The van der Waals surface area contributed by atoms with E-state index in [0.717, 1.165) is 43.6 Å². The van der Waals surface area contributed by atoms with E-state index in [1.807, 2.05) is 13.0 Å². The van der Waals surface area contributed by atoms with Crippen LogP contribution in [0.4, 0.5) is 0 Å². The highest BCUT2D eigenvalue weighted by atomic mass is 16.4. The van der Waals surface area contributed by atoms with Crippen molar-refractivity contribution in [3.8, 4) is 0 Å². The first-order chi connectivity index (χ1) is 8.16. The normalized spacial score (nSPS) is 24.8. The van der Waals surface area contributed by atoms with E-state index in [1.54, 1.807) is 6.26 Å². The van der Waals surface area contributed by atoms with Crippen molar-refractivity contribution in [3.05, 3.63) is 23.7 Å². The Balaban J connectivity index is 1.75. The highest BCUT2D eigenvalue weighted by Gasteiger charge is 2.25. The van der Waals surface area contributed by atoms with E-state index in [1.165, 1.54) is 0 Å². The first-order valence-electron chi connectivity index (χ1n) is 6.16. The molecule has 4 heteroatoms. The third-order valence-electron chi connectivity index (χ3n) is 3.60. The van der Waals surface area contributed by atoms with Gasteiger partial charge in [0.05, 0.1) is 18.7 Å². The van der Waals surface area contributed by atoms with Crippen molar-refractivity contribution < 1.29 is 14.3 Å². The summed E-state index contributed by atoms with van der Waals surface area (Å²) in [5, 5.41) is 12.3. The molecule has 2 rings (SSSR count). The summed E-state index contributed by atoms with van der Waals surface area (Å²) in [6.45, 7) is 2.77. The Morgan fingerprint density at radius 2 is 2.18 bits per heavy atom. The van der Waals surface area contributed by atoms with Crippen molar-refractivity contribution in [1.29, 1.82) is 0 Å². The van der Waals surface area contributed by atoms with E-state index in [2.05, 4.69) is 5.32 Å². The monoisotopic (exact) mass is 237 g/mol. The van der Waals surface area contributed by atoms with Crippen molar-refractivity contribution >= 4 is 5.97 Å². The average molecular weight is 237 g/mol. The maximum absolute atomic E-state index is 10.8. The van der Waals surface area contributed by atoms with Gasteiger partial charge in [0.25, 0.3) is 0 Å². The Bertz CT molecular complexity index is 378. The molecule has 1 aliphatic carbocycles. The predicted molar refractivity (Wildman–Crippen MR) is 63.7 cm³/mol. The minimum absolute atomic E-state index is 0.140. The van der Waals surface area contributed by atoms with Gasteiger partial charge in [-0.1, -0.05) is 0 Å². The van der Waals surface area contributed by atoms with Gasteiger partial charge in [-0.3, -0.25) is 4.79 Å². The van der Waals surface area contributed by atoms with Gasteiger partial charge in [0.1, 0.15) is 5.76 Å². The predicted octanol–water partition coefficient (Wildman–Crippen LogP) is 2.32. The van der Waals surface area contributed by atoms with E-state index in [-0.39, 0.29) is 5.92 Å². The van der Waals surface area contributed by atoms with Crippen LogP contribution in [0.15, 0.2) is 16.7 Å². The molecule has 0 saturated heterocycles. The van der Waals surface area contributed by atoms with Crippen LogP contribution in [-0.2, 0) is 11.3 Å². The molecular formula is C13H19NO3. The van der Waals surface area contributed by atoms with Crippen LogP contribution in [0.25, 0.3) is 0 Å². The zero-order chi connectivity index (χ0) is 12.3. The zero-order valence-electron chi connectivity index (χ0n) is 10.1. The molecule has 0 aromatic carbocycles. The van der Waals surface area contributed by atoms with Crippen LogP contribution in [-0.4, -0.2) is 17.1 Å². The molecule has 1 aromatic rings. The molecule has 0 amide bonds. The molecule has 1 heterocycles. The number of nitrogens with one attached hydrogen (secondary N) is 1. The molecule has 0 unspecified atom stereocenters. The Kier molecular flexibility index (Phi) is 3.84. The van der Waals surface area contributed by atoms with Gasteiger partial charge in [0.2, 0.25) is 0 Å². The molecule has 0 spiro atoms. The van der Waals surface area contributed by atoms with Crippen LogP contribution in [0.1, 0.15) is 37.0 Å². The van der Waals surface area contributed by atoms with Gasteiger partial charge in [0.15, 0.2) is 0 Å². The third-order valence-corrected chi connectivity index (χ3v) is 3.60. The number of furan rings is 1. The van der Waals surface area contributed by atoms with E-state index in [0.29, 0.717) is 6.04 Å². The Hall–Kier alpha value is -1.29. The van der Waals surface area contributed by atoms with Gasteiger partial charge in [-0.05, 0) is 44.2 Å². The van der Waals surface area contributed by atoms with Gasteiger partial charge in [-0.15, -0.1) is 0 Å². The minimum atomic E-state index is -0.648. The standard InChI is InChI=1S/C13H19NO3/c1-9-6-7-17-12(9)8-14-11-4-2-10(3-5-11)13(15)16/h6-7,10-11,14H,2-5,8H2,1H3,(H,15,16). The lowest BCUT2D eigenvalue weighted by molar-refractivity contribution is -0.142. The van der Waals surface area contributed by atoms with Crippen LogP contribution in [0.5, 0.6) is 0 Å². The molecule has 0 radical (unpaired) electrons. The number of carboxylic acid groups (broad SMARTS) is 1. The molecular weight excluding hydrogens is 218 g/mol. The molecule has 0 aliphatic heterocycles. The number of aryl methyl sites for hydroxylation is 1. The van der Waals surface area contributed by atoms with Gasteiger partial charge >= 0.3 is 5.97 Å². The topological polar surface area (TPSA) is 62.5 Å². The number of hydrogen-bond acceptors (Lipinski definition) is 3. The van der Waals surface area contributed by atoms with E-state index >= 15 is 0 Å². The molecule has 1 aromatic heterocycles. The summed E-state index contributed by atoms with van der Waals surface area (Å²) >= 11 is 0.